The van der Waals surface area contributed by atoms with Crippen LogP contribution in [0.4, 0.5) is 8.78 Å². The molecule has 0 heterocycles. The molecule has 1 N–H and O–H groups in total. The highest BCUT2D eigenvalue weighted by Crippen LogP contribution is 2.63. The van der Waals surface area contributed by atoms with Gasteiger partial charge >= 0.3 is 27.3 Å². The highest BCUT2D eigenvalue weighted by molar-refractivity contribution is 7.87. The molecule has 2 unspecified atom stereocenters. The van der Waals surface area contributed by atoms with Gasteiger partial charge in [-0.2, -0.15) is 17.2 Å². The summed E-state index contributed by atoms with van der Waals surface area (Å²) in [7, 11) is -5.93. The SMILES string of the molecule is O=C(Cc1cccc2ccccc12)OC12CC3CC(CC(COC(=O)C(F)(F)S(=O)(=O)O)(C3)C1)C2. The molecule has 0 radical (unpaired) electrons. The van der Waals surface area contributed by atoms with Gasteiger partial charge in [-0.1, -0.05) is 42.5 Å². The first-order valence-electron chi connectivity index (χ1n) is 11.6. The lowest BCUT2D eigenvalue weighted by molar-refractivity contribution is -0.212. The Hall–Kier alpha value is -2.59. The summed E-state index contributed by atoms with van der Waals surface area (Å²) in [4.78, 5) is 24.8. The van der Waals surface area contributed by atoms with E-state index in [0.717, 1.165) is 22.8 Å². The van der Waals surface area contributed by atoms with E-state index >= 15 is 0 Å². The van der Waals surface area contributed by atoms with E-state index < -0.39 is 39.0 Å². The van der Waals surface area contributed by atoms with Gasteiger partial charge in [-0.15, -0.1) is 0 Å². The second-order valence-electron chi connectivity index (χ2n) is 10.5. The summed E-state index contributed by atoms with van der Waals surface area (Å²) in [6.07, 6.45) is 3.97. The molecule has 188 valence electrons. The van der Waals surface area contributed by atoms with E-state index in [1.165, 1.54) is 0 Å². The number of rotatable bonds is 7. The van der Waals surface area contributed by atoms with Gasteiger partial charge in [0.2, 0.25) is 0 Å². The van der Waals surface area contributed by atoms with E-state index in [2.05, 4.69) is 0 Å². The summed E-state index contributed by atoms with van der Waals surface area (Å²) in [5.74, 6) is -2.27. The third kappa shape index (κ3) is 4.42. The Balaban J connectivity index is 1.31. The van der Waals surface area contributed by atoms with Crippen LogP contribution in [-0.2, 0) is 35.6 Å². The molecule has 4 fully saturated rings. The second-order valence-corrected chi connectivity index (χ2v) is 12.0. The number of carbonyl (C=O) groups is 2. The lowest BCUT2D eigenvalue weighted by atomic mass is 9.48. The van der Waals surface area contributed by atoms with Crippen LogP contribution in [0.15, 0.2) is 42.5 Å². The molecule has 2 atom stereocenters. The summed E-state index contributed by atoms with van der Waals surface area (Å²) in [6, 6.07) is 13.5. The number of hydrogen-bond donors (Lipinski definition) is 1. The average Bonchev–Trinajstić information content (AvgIpc) is 2.75. The van der Waals surface area contributed by atoms with E-state index in [1.54, 1.807) is 0 Å². The van der Waals surface area contributed by atoms with Gasteiger partial charge in [0.15, 0.2) is 0 Å². The fourth-order valence-electron chi connectivity index (χ4n) is 6.94. The maximum atomic E-state index is 13.7. The molecule has 35 heavy (non-hydrogen) atoms. The molecule has 4 saturated carbocycles. The highest BCUT2D eigenvalue weighted by atomic mass is 32.2. The van der Waals surface area contributed by atoms with Gasteiger partial charge < -0.3 is 9.47 Å². The monoisotopic (exact) mass is 508 g/mol. The third-order valence-corrected chi connectivity index (χ3v) is 8.56. The topological polar surface area (TPSA) is 107 Å². The summed E-state index contributed by atoms with van der Waals surface area (Å²) in [5, 5.41) is -3.03. The number of benzene rings is 2. The van der Waals surface area contributed by atoms with Crippen molar-refractivity contribution in [2.45, 2.75) is 55.8 Å². The molecule has 2 aromatic rings. The van der Waals surface area contributed by atoms with Crippen LogP contribution in [0, 0.1) is 17.3 Å². The normalized spacial score (nSPS) is 29.8. The van der Waals surface area contributed by atoms with Crippen molar-refractivity contribution < 1.29 is 40.8 Å². The standard InChI is InChI=1S/C25H26F2O7S/c26-25(27,35(30,31)32)22(29)33-15-23-10-16-8-17(11-23)13-24(12-16,14-23)34-21(28)9-19-6-3-5-18-4-1-2-7-20(18)19/h1-7,16-17H,8-15H2,(H,30,31,32). The maximum Gasteiger partial charge on any atom is 0.465 e. The number of hydrogen-bond acceptors (Lipinski definition) is 6. The molecule has 0 aromatic heterocycles. The fraction of sp³-hybridized carbons (Fsp3) is 0.520. The fourth-order valence-corrected chi connectivity index (χ4v) is 7.21. The molecular weight excluding hydrogens is 482 g/mol. The highest BCUT2D eigenvalue weighted by Gasteiger charge is 2.61. The van der Waals surface area contributed by atoms with Crippen molar-refractivity contribution in [2.75, 3.05) is 6.61 Å². The molecule has 7 nitrogen and oxygen atoms in total. The molecule has 10 heteroatoms. The van der Waals surface area contributed by atoms with Crippen molar-refractivity contribution in [2.24, 2.45) is 17.3 Å². The first-order chi connectivity index (χ1) is 16.4. The Bertz CT molecular complexity index is 1270. The van der Waals surface area contributed by atoms with Crippen molar-refractivity contribution in [3.63, 3.8) is 0 Å². The minimum atomic E-state index is -5.93. The summed E-state index contributed by atoms with van der Waals surface area (Å²) in [6.45, 7) is -0.410. The number of esters is 2. The molecule has 4 bridgehead atoms. The second kappa shape index (κ2) is 8.23. The number of fused-ring (bicyclic) bond motifs is 1. The molecule has 0 amide bonds. The predicted molar refractivity (Wildman–Crippen MR) is 121 cm³/mol. The first kappa shape index (κ1) is 24.1. The van der Waals surface area contributed by atoms with Crippen LogP contribution in [0.5, 0.6) is 0 Å². The Morgan fingerprint density at radius 2 is 1.69 bits per heavy atom. The van der Waals surface area contributed by atoms with Crippen LogP contribution >= 0.6 is 0 Å². The first-order valence-corrected chi connectivity index (χ1v) is 13.1. The Morgan fingerprint density at radius 3 is 2.37 bits per heavy atom. The van der Waals surface area contributed by atoms with Gasteiger partial charge in [0.1, 0.15) is 5.60 Å². The van der Waals surface area contributed by atoms with E-state index in [9.17, 15) is 26.8 Å². The molecule has 4 aliphatic carbocycles. The predicted octanol–water partition coefficient (Wildman–Crippen LogP) is 4.29. The molecule has 2 aromatic carbocycles. The molecule has 4 aliphatic rings. The molecule has 6 rings (SSSR count). The molecular formula is C25H26F2O7S. The Kier molecular flexibility index (Phi) is 5.67. The van der Waals surface area contributed by atoms with Crippen molar-refractivity contribution >= 4 is 32.8 Å². The average molecular weight is 509 g/mol. The van der Waals surface area contributed by atoms with Crippen molar-refractivity contribution in [3.8, 4) is 0 Å². The smallest absolute Gasteiger partial charge is 0.460 e. The van der Waals surface area contributed by atoms with Gasteiger partial charge in [0.05, 0.1) is 13.0 Å². The van der Waals surface area contributed by atoms with Gasteiger partial charge in [0, 0.05) is 5.41 Å². The van der Waals surface area contributed by atoms with Crippen molar-refractivity contribution in [1.29, 1.82) is 0 Å². The zero-order valence-corrected chi connectivity index (χ0v) is 19.7. The summed E-state index contributed by atoms with van der Waals surface area (Å²) >= 11 is 0. The van der Waals surface area contributed by atoms with Gasteiger partial charge in [0.25, 0.3) is 0 Å². The summed E-state index contributed by atoms with van der Waals surface area (Å²) < 4.78 is 68.6. The Labute approximate surface area is 201 Å². The van der Waals surface area contributed by atoms with E-state index in [0.29, 0.717) is 32.1 Å². The van der Waals surface area contributed by atoms with E-state index in [1.807, 2.05) is 42.5 Å². The maximum absolute atomic E-state index is 13.7. The van der Waals surface area contributed by atoms with Gasteiger partial charge in [-0.3, -0.25) is 9.35 Å². The van der Waals surface area contributed by atoms with Crippen molar-refractivity contribution in [3.05, 3.63) is 48.0 Å². The Morgan fingerprint density at radius 1 is 1.03 bits per heavy atom. The zero-order valence-electron chi connectivity index (χ0n) is 18.9. The number of ether oxygens (including phenoxy) is 2. The van der Waals surface area contributed by atoms with Crippen LogP contribution < -0.4 is 0 Å². The molecule has 0 saturated heterocycles. The molecule has 0 spiro atoms. The van der Waals surface area contributed by atoms with Gasteiger partial charge in [-0.25, -0.2) is 4.79 Å². The van der Waals surface area contributed by atoms with Crippen LogP contribution in [0.3, 0.4) is 0 Å². The van der Waals surface area contributed by atoms with Gasteiger partial charge in [-0.05, 0) is 66.7 Å². The quantitative estimate of drug-likeness (QED) is 0.439. The third-order valence-electron chi connectivity index (χ3n) is 7.74. The summed E-state index contributed by atoms with van der Waals surface area (Å²) in [5.41, 5.74) is -0.577. The number of halogens is 2. The van der Waals surface area contributed by atoms with E-state index in [-0.39, 0.29) is 24.2 Å². The van der Waals surface area contributed by atoms with Crippen LogP contribution in [0.2, 0.25) is 0 Å². The minimum Gasteiger partial charge on any atom is -0.460 e. The van der Waals surface area contributed by atoms with E-state index in [4.69, 9.17) is 14.0 Å². The van der Waals surface area contributed by atoms with Crippen LogP contribution in [0.1, 0.15) is 44.1 Å². The van der Waals surface area contributed by atoms with Crippen molar-refractivity contribution in [1.82, 2.24) is 0 Å². The largest absolute Gasteiger partial charge is 0.465 e. The van der Waals surface area contributed by atoms with Crippen LogP contribution in [-0.4, -0.2) is 42.4 Å². The minimum absolute atomic E-state index is 0.0982. The lowest BCUT2D eigenvalue weighted by Gasteiger charge is -2.60. The zero-order chi connectivity index (χ0) is 25.1. The molecule has 0 aliphatic heterocycles. The number of alkyl halides is 2. The number of carbonyl (C=O) groups excluding carboxylic acids is 2. The van der Waals surface area contributed by atoms with Crippen LogP contribution in [0.25, 0.3) is 10.8 Å². The lowest BCUT2D eigenvalue weighted by Crippen LogP contribution is -2.59.